The first-order valence-corrected chi connectivity index (χ1v) is 23.9. The van der Waals surface area contributed by atoms with Crippen LogP contribution in [0.3, 0.4) is 0 Å². The molecular weight excluding hydrogens is 807 g/mol. The standard InChI is InChI=1S/C66H51N/c1-4-20-46(21-5-1)44-51-26-11-13-29-56(51)64(47-22-6-2-7-23-47)49-36-40-53(41-37-49)67(63-45-52-27-10-12-28-55(52)57-30-14-15-31-58(57)63)54-42-38-50(39-43-54)66-61-34-18-16-32-59(61)65(48-24-8-3-9-25-48)60-33-17-19-35-62(60)66/h1-20,22-38,40-44,46,50,52H,21,39,45H2. The molecule has 0 saturated carbocycles. The van der Waals surface area contributed by atoms with E-state index in [4.69, 9.17) is 0 Å². The van der Waals surface area contributed by atoms with Gasteiger partial charge in [-0.25, -0.2) is 0 Å². The number of fused-ring (bicyclic) bond motifs is 4. The Bertz CT molecular complexity index is 3600. The molecule has 12 rings (SSSR count). The van der Waals surface area contributed by atoms with Crippen LogP contribution in [0, 0.1) is 11.8 Å². The van der Waals surface area contributed by atoms with E-state index < -0.39 is 0 Å². The first kappa shape index (κ1) is 40.5. The molecule has 0 aliphatic heterocycles. The maximum Gasteiger partial charge on any atom is 0.0458 e. The lowest BCUT2D eigenvalue weighted by Gasteiger charge is -2.35. The summed E-state index contributed by atoms with van der Waals surface area (Å²) in [6.07, 6.45) is 30.7. The van der Waals surface area contributed by atoms with Gasteiger partial charge in [0.15, 0.2) is 0 Å². The largest absolute Gasteiger partial charge is 0.314 e. The Morgan fingerprint density at radius 1 is 0.493 bits per heavy atom. The molecule has 0 spiro atoms. The lowest BCUT2D eigenvalue weighted by molar-refractivity contribution is 0.814. The van der Waals surface area contributed by atoms with Crippen molar-refractivity contribution in [3.63, 3.8) is 0 Å². The Kier molecular flexibility index (Phi) is 10.7. The fourth-order valence-corrected chi connectivity index (χ4v) is 11.2. The second-order valence-electron chi connectivity index (χ2n) is 18.2. The summed E-state index contributed by atoms with van der Waals surface area (Å²) >= 11 is 0. The van der Waals surface area contributed by atoms with Gasteiger partial charge in [-0.2, -0.15) is 0 Å². The van der Waals surface area contributed by atoms with Crippen molar-refractivity contribution in [3.8, 4) is 11.1 Å². The van der Waals surface area contributed by atoms with Gasteiger partial charge in [-0.3, -0.25) is 0 Å². The molecule has 3 atom stereocenters. The van der Waals surface area contributed by atoms with Crippen LogP contribution in [0.1, 0.15) is 41.9 Å². The molecule has 1 nitrogen and oxygen atoms in total. The van der Waals surface area contributed by atoms with Crippen LogP contribution in [0.25, 0.3) is 55.6 Å². The summed E-state index contributed by atoms with van der Waals surface area (Å²) in [5.41, 5.74) is 12.7. The van der Waals surface area contributed by atoms with E-state index in [1.807, 2.05) is 0 Å². The molecule has 320 valence electrons. The maximum atomic E-state index is 2.57. The highest BCUT2D eigenvalue weighted by Crippen LogP contribution is 2.45. The number of rotatable bonds is 8. The van der Waals surface area contributed by atoms with E-state index in [2.05, 4.69) is 260 Å². The highest BCUT2D eigenvalue weighted by molar-refractivity contribution is 6.15. The summed E-state index contributed by atoms with van der Waals surface area (Å²) in [4.78, 5) is 2.57. The third-order valence-electron chi connectivity index (χ3n) is 14.2. The summed E-state index contributed by atoms with van der Waals surface area (Å²) in [7, 11) is 0. The molecule has 8 aromatic carbocycles. The van der Waals surface area contributed by atoms with Crippen molar-refractivity contribution >= 4 is 50.2 Å². The smallest absolute Gasteiger partial charge is 0.0458 e. The molecule has 8 aromatic rings. The number of nitrogens with zero attached hydrogens (tertiary/aromatic N) is 1. The van der Waals surface area contributed by atoms with Crippen molar-refractivity contribution in [2.45, 2.75) is 25.2 Å². The Labute approximate surface area is 393 Å². The van der Waals surface area contributed by atoms with Gasteiger partial charge in [0.2, 0.25) is 0 Å². The highest BCUT2D eigenvalue weighted by atomic mass is 15.2. The van der Waals surface area contributed by atoms with Gasteiger partial charge in [-0.15, -0.1) is 0 Å². The van der Waals surface area contributed by atoms with Gasteiger partial charge in [0.25, 0.3) is 0 Å². The third-order valence-corrected chi connectivity index (χ3v) is 14.2. The number of benzene rings is 8. The lowest BCUT2D eigenvalue weighted by Crippen LogP contribution is -2.40. The normalized spacial score (nSPS) is 19.1. The number of allylic oxidation sites excluding steroid dienone is 11. The van der Waals surface area contributed by atoms with Gasteiger partial charge in [0.05, 0.1) is 0 Å². The third kappa shape index (κ3) is 7.57. The first-order valence-electron chi connectivity index (χ1n) is 23.9. The average molecular weight is 858 g/mol. The molecule has 0 radical (unpaired) electrons. The second-order valence-corrected chi connectivity index (χ2v) is 18.2. The predicted octanol–water partition coefficient (Wildman–Crippen LogP) is 13.4. The Balaban J connectivity index is 1.01. The summed E-state index contributed by atoms with van der Waals surface area (Å²) in [5, 5.41) is 10.4. The van der Waals surface area contributed by atoms with Crippen LogP contribution in [0.15, 0.2) is 255 Å². The summed E-state index contributed by atoms with van der Waals surface area (Å²) in [6.45, 7) is 0. The zero-order valence-electron chi connectivity index (χ0n) is 37.5. The van der Waals surface area contributed by atoms with E-state index in [-0.39, 0.29) is 5.92 Å². The molecule has 0 bridgehead atoms. The minimum Gasteiger partial charge on any atom is -0.314 e. The fraction of sp³-hybridized carbons (Fsp3) is 0.0909. The Morgan fingerprint density at radius 2 is 1.13 bits per heavy atom. The van der Waals surface area contributed by atoms with Crippen LogP contribution in [-0.4, -0.2) is 0 Å². The van der Waals surface area contributed by atoms with Crippen molar-refractivity contribution in [3.05, 3.63) is 292 Å². The van der Waals surface area contributed by atoms with E-state index in [1.165, 1.54) is 92.8 Å². The van der Waals surface area contributed by atoms with Crippen LogP contribution in [0.5, 0.6) is 0 Å². The number of hydrogen-bond acceptors (Lipinski definition) is 1. The van der Waals surface area contributed by atoms with E-state index in [1.54, 1.807) is 0 Å². The molecule has 0 N–H and O–H groups in total. The Hall–Kier alpha value is -8.00. The molecule has 0 fully saturated rings. The molecule has 0 heterocycles. The molecule has 4 aliphatic rings. The summed E-state index contributed by atoms with van der Waals surface area (Å²) in [6, 6.07) is 67.3. The molecular formula is C66H51N. The minimum atomic E-state index is 0.211. The number of hydrogen-bond donors (Lipinski definition) is 0. The van der Waals surface area contributed by atoms with Gasteiger partial charge in [-0.1, -0.05) is 237 Å². The van der Waals surface area contributed by atoms with E-state index in [9.17, 15) is 0 Å². The molecule has 0 aromatic heterocycles. The van der Waals surface area contributed by atoms with Gasteiger partial charge in [0.1, 0.15) is 0 Å². The van der Waals surface area contributed by atoms with E-state index >= 15 is 0 Å². The van der Waals surface area contributed by atoms with Crippen molar-refractivity contribution < 1.29 is 0 Å². The van der Waals surface area contributed by atoms with Crippen LogP contribution >= 0.6 is 0 Å². The zero-order chi connectivity index (χ0) is 44.5. The van der Waals surface area contributed by atoms with Crippen molar-refractivity contribution in [2.24, 2.45) is 11.8 Å². The van der Waals surface area contributed by atoms with Gasteiger partial charge >= 0.3 is 0 Å². The molecule has 67 heavy (non-hydrogen) atoms. The molecule has 3 unspecified atom stereocenters. The summed E-state index contributed by atoms with van der Waals surface area (Å²) in [5.74, 6) is 0.880. The van der Waals surface area contributed by atoms with Gasteiger partial charge < -0.3 is 4.90 Å². The van der Waals surface area contributed by atoms with E-state index in [0.29, 0.717) is 11.8 Å². The predicted molar refractivity (Wildman–Crippen MR) is 284 cm³/mol. The van der Waals surface area contributed by atoms with Crippen molar-refractivity contribution in [1.82, 2.24) is 0 Å². The van der Waals surface area contributed by atoms with Crippen LogP contribution in [0.4, 0.5) is 5.69 Å². The SMILES string of the molecule is C1=CCC(C=c2ccccc2=C(c2ccccc2)c2ccc(N(C3=CCC(c4c5ccccc5c(-c5ccccc5)c5ccccc45)C=C3)C3=c4ccccc4=C4C=CC=CC4C3)cc2)C=C1. The summed E-state index contributed by atoms with van der Waals surface area (Å²) < 4.78 is 0. The lowest BCUT2D eigenvalue weighted by atomic mass is 9.81. The maximum absolute atomic E-state index is 2.57. The molecule has 0 amide bonds. The monoisotopic (exact) mass is 857 g/mol. The van der Waals surface area contributed by atoms with Crippen molar-refractivity contribution in [2.75, 3.05) is 4.90 Å². The first-order chi connectivity index (χ1) is 33.3. The van der Waals surface area contributed by atoms with Crippen LogP contribution < -0.4 is 25.8 Å². The minimum absolute atomic E-state index is 0.211. The zero-order valence-corrected chi connectivity index (χ0v) is 37.5. The highest BCUT2D eigenvalue weighted by Gasteiger charge is 2.28. The molecule has 1 heteroatoms. The Morgan fingerprint density at radius 3 is 1.85 bits per heavy atom. The van der Waals surface area contributed by atoms with Gasteiger partial charge in [0, 0.05) is 34.1 Å². The molecule has 4 aliphatic carbocycles. The van der Waals surface area contributed by atoms with Crippen LogP contribution in [-0.2, 0) is 0 Å². The number of anilines is 1. The van der Waals surface area contributed by atoms with E-state index in [0.717, 1.165) is 24.9 Å². The fourth-order valence-electron chi connectivity index (χ4n) is 11.2. The second kappa shape index (κ2) is 17.8. The topological polar surface area (TPSA) is 3.24 Å². The quantitative estimate of drug-likeness (QED) is 0.138. The van der Waals surface area contributed by atoms with Crippen LogP contribution in [0.2, 0.25) is 0 Å². The van der Waals surface area contributed by atoms with Crippen molar-refractivity contribution in [1.29, 1.82) is 0 Å². The molecule has 0 saturated heterocycles. The van der Waals surface area contributed by atoms with Gasteiger partial charge in [-0.05, 0) is 120 Å². The average Bonchev–Trinajstić information content (AvgIpc) is 3.40.